The van der Waals surface area contributed by atoms with E-state index in [0.29, 0.717) is 5.75 Å². The number of imidazole rings is 1. The van der Waals surface area contributed by atoms with Crippen LogP contribution in [-0.2, 0) is 12.3 Å². The zero-order chi connectivity index (χ0) is 17.8. The van der Waals surface area contributed by atoms with E-state index in [1.807, 2.05) is 24.7 Å². The number of aromatic nitrogens is 2. The van der Waals surface area contributed by atoms with Gasteiger partial charge in [0.25, 0.3) is 0 Å². The molecule has 0 aliphatic heterocycles. The topological polar surface area (TPSA) is 17.8 Å². The Balaban J connectivity index is 1.67. The van der Waals surface area contributed by atoms with Gasteiger partial charge in [-0.1, -0.05) is 60.7 Å². The van der Waals surface area contributed by atoms with E-state index in [2.05, 4.69) is 52.0 Å². The lowest BCUT2D eigenvalue weighted by Crippen LogP contribution is -2.06. The van der Waals surface area contributed by atoms with Crippen LogP contribution in [0.2, 0.25) is 0 Å². The Labute approximate surface area is 156 Å². The van der Waals surface area contributed by atoms with Crippen molar-refractivity contribution in [1.82, 2.24) is 9.55 Å². The van der Waals surface area contributed by atoms with Crippen LogP contribution in [0.1, 0.15) is 16.4 Å². The Kier molecular flexibility index (Phi) is 5.02. The highest BCUT2D eigenvalue weighted by molar-refractivity contribution is 7.98. The molecule has 3 aromatic carbocycles. The van der Waals surface area contributed by atoms with Gasteiger partial charge in [0.2, 0.25) is 0 Å². The van der Waals surface area contributed by atoms with Crippen LogP contribution in [0.25, 0.3) is 10.8 Å². The molecule has 0 radical (unpaired) electrons. The van der Waals surface area contributed by atoms with Gasteiger partial charge < -0.3 is 4.57 Å². The zero-order valence-electron chi connectivity index (χ0n) is 14.3. The second kappa shape index (κ2) is 7.75. The monoisotopic (exact) mass is 362 g/mol. The molecule has 2 nitrogen and oxygen atoms in total. The average Bonchev–Trinajstić information content (AvgIpc) is 3.19. The summed E-state index contributed by atoms with van der Waals surface area (Å²) < 4.78 is 16.1. The van der Waals surface area contributed by atoms with Gasteiger partial charge in [0, 0.05) is 29.9 Å². The minimum Gasteiger partial charge on any atom is -0.336 e. The Morgan fingerprint density at radius 2 is 1.77 bits per heavy atom. The largest absolute Gasteiger partial charge is 0.336 e. The minimum atomic E-state index is -0.140. The van der Waals surface area contributed by atoms with Crippen LogP contribution in [0.4, 0.5) is 4.39 Å². The molecule has 26 heavy (non-hydrogen) atoms. The predicted molar refractivity (Wildman–Crippen MR) is 107 cm³/mol. The van der Waals surface area contributed by atoms with Crippen LogP contribution < -0.4 is 0 Å². The number of thioether (sulfide) groups is 1. The zero-order valence-corrected chi connectivity index (χ0v) is 15.1. The van der Waals surface area contributed by atoms with Crippen molar-refractivity contribution in [2.24, 2.45) is 0 Å². The molecule has 1 heterocycles. The summed E-state index contributed by atoms with van der Waals surface area (Å²) in [4.78, 5) is 4.16. The van der Waals surface area contributed by atoms with E-state index in [9.17, 15) is 4.39 Å². The molecule has 0 saturated heterocycles. The van der Waals surface area contributed by atoms with Crippen molar-refractivity contribution < 1.29 is 4.39 Å². The number of fused-ring (bicyclic) bond motifs is 1. The van der Waals surface area contributed by atoms with E-state index >= 15 is 0 Å². The summed E-state index contributed by atoms with van der Waals surface area (Å²) in [5, 5.41) is 2.68. The van der Waals surface area contributed by atoms with Crippen LogP contribution in [0.3, 0.4) is 0 Å². The van der Waals surface area contributed by atoms with Gasteiger partial charge >= 0.3 is 0 Å². The fourth-order valence-electron chi connectivity index (χ4n) is 3.16. The number of hydrogen-bond donors (Lipinski definition) is 0. The van der Waals surface area contributed by atoms with Crippen molar-refractivity contribution in [3.05, 3.63) is 102 Å². The summed E-state index contributed by atoms with van der Waals surface area (Å²) in [6, 6.07) is 21.8. The van der Waals surface area contributed by atoms with E-state index in [1.54, 1.807) is 24.0 Å². The van der Waals surface area contributed by atoms with Gasteiger partial charge in [0.15, 0.2) is 0 Å². The predicted octanol–water partition coefficient (Wildman–Crippen LogP) is 5.85. The molecule has 4 heteroatoms. The number of rotatable bonds is 6. The smallest absolute Gasteiger partial charge is 0.127 e. The molecule has 0 bridgehead atoms. The summed E-state index contributed by atoms with van der Waals surface area (Å²) in [5.41, 5.74) is 2.02. The first kappa shape index (κ1) is 16.9. The molecule has 0 saturated carbocycles. The molecule has 1 aromatic heterocycles. The fraction of sp³-hybridized carbons (Fsp3) is 0.136. The lowest BCUT2D eigenvalue weighted by Gasteiger charge is -2.20. The molecular weight excluding hydrogens is 343 g/mol. The van der Waals surface area contributed by atoms with E-state index in [0.717, 1.165) is 12.1 Å². The summed E-state index contributed by atoms with van der Waals surface area (Å²) in [6.07, 6.45) is 5.60. The van der Waals surface area contributed by atoms with Crippen molar-refractivity contribution in [2.45, 2.75) is 17.5 Å². The Bertz CT molecular complexity index is 993. The lowest BCUT2D eigenvalue weighted by molar-refractivity contribution is 0.617. The van der Waals surface area contributed by atoms with Crippen LogP contribution in [0.5, 0.6) is 0 Å². The van der Waals surface area contributed by atoms with Gasteiger partial charge in [-0.25, -0.2) is 9.37 Å². The summed E-state index contributed by atoms with van der Waals surface area (Å²) in [6.45, 7) is 0.799. The molecule has 0 spiro atoms. The van der Waals surface area contributed by atoms with Crippen LogP contribution >= 0.6 is 11.8 Å². The maximum absolute atomic E-state index is 14.0. The number of hydrogen-bond acceptors (Lipinski definition) is 2. The van der Waals surface area contributed by atoms with Crippen LogP contribution in [0.15, 0.2) is 85.5 Å². The Hall–Kier alpha value is -2.59. The lowest BCUT2D eigenvalue weighted by atomic mass is 10.0. The maximum atomic E-state index is 14.0. The molecule has 4 aromatic rings. The van der Waals surface area contributed by atoms with Gasteiger partial charge in [0.1, 0.15) is 5.82 Å². The molecule has 1 unspecified atom stereocenters. The molecule has 0 aliphatic rings. The molecular formula is C22H19FN2S. The normalized spacial score (nSPS) is 12.3. The highest BCUT2D eigenvalue weighted by atomic mass is 32.2. The van der Waals surface area contributed by atoms with Gasteiger partial charge in [-0.2, -0.15) is 0 Å². The quantitative estimate of drug-likeness (QED) is 0.428. The molecule has 0 aliphatic carbocycles. The Morgan fingerprint density at radius 1 is 0.962 bits per heavy atom. The summed E-state index contributed by atoms with van der Waals surface area (Å²) >= 11 is 1.77. The summed E-state index contributed by atoms with van der Waals surface area (Å²) in [5.74, 6) is 0.495. The average molecular weight is 362 g/mol. The third kappa shape index (κ3) is 3.65. The van der Waals surface area contributed by atoms with Crippen molar-refractivity contribution in [3.8, 4) is 0 Å². The van der Waals surface area contributed by atoms with Crippen LogP contribution in [0, 0.1) is 5.82 Å². The van der Waals surface area contributed by atoms with Gasteiger partial charge in [0.05, 0.1) is 6.33 Å². The number of halogens is 1. The van der Waals surface area contributed by atoms with Crippen molar-refractivity contribution >= 4 is 22.5 Å². The van der Waals surface area contributed by atoms with Gasteiger partial charge in [-0.05, 0) is 28.0 Å². The van der Waals surface area contributed by atoms with Gasteiger partial charge in [-0.15, -0.1) is 11.8 Å². The molecule has 0 N–H and O–H groups in total. The van der Waals surface area contributed by atoms with Crippen molar-refractivity contribution in [2.75, 3.05) is 0 Å². The van der Waals surface area contributed by atoms with Crippen molar-refractivity contribution in [3.63, 3.8) is 0 Å². The highest BCUT2D eigenvalue weighted by Crippen LogP contribution is 2.37. The first-order valence-corrected chi connectivity index (χ1v) is 9.64. The van der Waals surface area contributed by atoms with Crippen LogP contribution in [-0.4, -0.2) is 9.55 Å². The third-order valence-electron chi connectivity index (χ3n) is 4.50. The highest BCUT2D eigenvalue weighted by Gasteiger charge is 2.16. The fourth-order valence-corrected chi connectivity index (χ4v) is 4.44. The third-order valence-corrected chi connectivity index (χ3v) is 5.79. The van der Waals surface area contributed by atoms with E-state index in [-0.39, 0.29) is 11.1 Å². The van der Waals surface area contributed by atoms with E-state index in [4.69, 9.17) is 0 Å². The SMILES string of the molecule is Fc1ccccc1CSC(Cn1ccnc1)c1cccc2ccccc12. The molecule has 130 valence electrons. The first-order chi connectivity index (χ1) is 12.8. The molecule has 0 amide bonds. The van der Waals surface area contributed by atoms with Crippen molar-refractivity contribution in [1.29, 1.82) is 0 Å². The molecule has 4 rings (SSSR count). The first-order valence-electron chi connectivity index (χ1n) is 8.59. The molecule has 1 atom stereocenters. The second-order valence-electron chi connectivity index (χ2n) is 6.22. The summed E-state index contributed by atoms with van der Waals surface area (Å²) in [7, 11) is 0. The minimum absolute atomic E-state index is 0.140. The number of benzene rings is 3. The van der Waals surface area contributed by atoms with E-state index in [1.165, 1.54) is 22.4 Å². The number of nitrogens with zero attached hydrogens (tertiary/aromatic N) is 2. The standard InChI is InChI=1S/C22H19FN2S/c23-21-11-4-2-7-18(21)15-26-22(14-25-13-12-24-16-25)20-10-5-8-17-6-1-3-9-19(17)20/h1-13,16,22H,14-15H2. The second-order valence-corrected chi connectivity index (χ2v) is 7.41. The molecule has 0 fully saturated rings. The van der Waals surface area contributed by atoms with Gasteiger partial charge in [-0.3, -0.25) is 0 Å². The Morgan fingerprint density at radius 3 is 2.62 bits per heavy atom. The van der Waals surface area contributed by atoms with E-state index < -0.39 is 0 Å². The maximum Gasteiger partial charge on any atom is 0.127 e.